The molecule has 1 aliphatic carbocycles. The van der Waals surface area contributed by atoms with Crippen LogP contribution in [0.3, 0.4) is 0 Å². The van der Waals surface area contributed by atoms with E-state index >= 15 is 0 Å². The Labute approximate surface area is 114 Å². The fraction of sp³-hybridized carbons (Fsp3) is 0.600. The number of hydrogen-bond acceptors (Lipinski definition) is 3. The van der Waals surface area contributed by atoms with Crippen LogP contribution in [0.2, 0.25) is 0 Å². The third-order valence-electron chi connectivity index (χ3n) is 3.39. The zero-order chi connectivity index (χ0) is 13.7. The predicted molar refractivity (Wildman–Crippen MR) is 76.0 cm³/mol. The van der Waals surface area contributed by atoms with Gasteiger partial charge in [0.05, 0.1) is 6.61 Å². The van der Waals surface area contributed by atoms with Gasteiger partial charge in [-0.2, -0.15) is 0 Å². The molecule has 3 nitrogen and oxygen atoms in total. The molecule has 0 radical (unpaired) electrons. The average molecular weight is 266 g/mol. The van der Waals surface area contributed by atoms with Crippen LogP contribution in [0.15, 0.2) is 18.2 Å². The summed E-state index contributed by atoms with van der Waals surface area (Å²) in [4.78, 5) is 2.12. The normalized spacial score (nSPS) is 14.7. The quantitative estimate of drug-likeness (QED) is 0.732. The molecular formula is C15H23FN2O. The first-order chi connectivity index (χ1) is 9.20. The molecule has 1 fully saturated rings. The SMILES string of the molecule is CCOCCN(C)c1ccc(F)cc1CNC1CC1. The summed E-state index contributed by atoms with van der Waals surface area (Å²) in [7, 11) is 2.02. The molecule has 1 aromatic rings. The summed E-state index contributed by atoms with van der Waals surface area (Å²) in [6.07, 6.45) is 2.48. The summed E-state index contributed by atoms with van der Waals surface area (Å²) < 4.78 is 18.8. The molecule has 0 atom stereocenters. The van der Waals surface area contributed by atoms with Crippen LogP contribution in [-0.4, -0.2) is 32.8 Å². The van der Waals surface area contributed by atoms with E-state index in [1.54, 1.807) is 6.07 Å². The maximum absolute atomic E-state index is 13.4. The van der Waals surface area contributed by atoms with E-state index in [0.717, 1.165) is 30.9 Å². The molecule has 0 unspecified atom stereocenters. The number of hydrogen-bond donors (Lipinski definition) is 1. The van der Waals surface area contributed by atoms with E-state index in [0.29, 0.717) is 12.6 Å². The minimum atomic E-state index is -0.172. The molecule has 0 spiro atoms. The molecule has 2 rings (SSSR count). The van der Waals surface area contributed by atoms with Crippen LogP contribution in [0.4, 0.5) is 10.1 Å². The number of nitrogens with one attached hydrogen (secondary N) is 1. The van der Waals surface area contributed by atoms with Crippen molar-refractivity contribution in [3.63, 3.8) is 0 Å². The molecule has 0 bridgehead atoms. The largest absolute Gasteiger partial charge is 0.380 e. The second kappa shape index (κ2) is 6.87. The highest BCUT2D eigenvalue weighted by molar-refractivity contribution is 5.53. The monoisotopic (exact) mass is 266 g/mol. The van der Waals surface area contributed by atoms with E-state index in [1.807, 2.05) is 20.0 Å². The lowest BCUT2D eigenvalue weighted by Gasteiger charge is -2.22. The first kappa shape index (κ1) is 14.3. The lowest BCUT2D eigenvalue weighted by atomic mass is 10.1. The van der Waals surface area contributed by atoms with Crippen molar-refractivity contribution in [1.29, 1.82) is 0 Å². The van der Waals surface area contributed by atoms with Gasteiger partial charge in [-0.05, 0) is 43.5 Å². The van der Waals surface area contributed by atoms with Gasteiger partial charge in [-0.25, -0.2) is 4.39 Å². The number of anilines is 1. The van der Waals surface area contributed by atoms with Crippen LogP contribution in [0.25, 0.3) is 0 Å². The van der Waals surface area contributed by atoms with Gasteiger partial charge in [-0.1, -0.05) is 0 Å². The van der Waals surface area contributed by atoms with Gasteiger partial charge in [0, 0.05) is 38.5 Å². The Morgan fingerprint density at radius 1 is 1.42 bits per heavy atom. The van der Waals surface area contributed by atoms with Gasteiger partial charge in [-0.15, -0.1) is 0 Å². The Morgan fingerprint density at radius 2 is 2.21 bits per heavy atom. The number of likely N-dealkylation sites (N-methyl/N-ethyl adjacent to an activating group) is 1. The Morgan fingerprint density at radius 3 is 2.89 bits per heavy atom. The van der Waals surface area contributed by atoms with Crippen molar-refractivity contribution < 1.29 is 9.13 Å². The Kier molecular flexibility index (Phi) is 5.16. The van der Waals surface area contributed by atoms with Gasteiger partial charge in [-0.3, -0.25) is 0 Å². The van der Waals surface area contributed by atoms with Crippen LogP contribution >= 0.6 is 0 Å². The molecule has 0 aliphatic heterocycles. The van der Waals surface area contributed by atoms with E-state index in [4.69, 9.17) is 4.74 Å². The molecular weight excluding hydrogens is 243 g/mol. The number of benzene rings is 1. The lowest BCUT2D eigenvalue weighted by Crippen LogP contribution is -2.25. The molecule has 0 amide bonds. The van der Waals surface area contributed by atoms with E-state index in [9.17, 15) is 4.39 Å². The highest BCUT2D eigenvalue weighted by atomic mass is 19.1. The number of ether oxygens (including phenoxy) is 1. The molecule has 0 saturated heterocycles. The fourth-order valence-corrected chi connectivity index (χ4v) is 2.08. The van der Waals surface area contributed by atoms with Crippen molar-refractivity contribution in [1.82, 2.24) is 5.32 Å². The number of nitrogens with zero attached hydrogens (tertiary/aromatic N) is 1. The van der Waals surface area contributed by atoms with Gasteiger partial charge in [0.1, 0.15) is 5.82 Å². The van der Waals surface area contributed by atoms with Crippen LogP contribution in [0.5, 0.6) is 0 Å². The van der Waals surface area contributed by atoms with Gasteiger partial charge >= 0.3 is 0 Å². The summed E-state index contributed by atoms with van der Waals surface area (Å²) in [6, 6.07) is 5.63. The maximum Gasteiger partial charge on any atom is 0.123 e. The van der Waals surface area contributed by atoms with Crippen molar-refractivity contribution in [2.45, 2.75) is 32.4 Å². The molecule has 0 heterocycles. The van der Waals surface area contributed by atoms with Gasteiger partial charge in [0.25, 0.3) is 0 Å². The van der Waals surface area contributed by atoms with E-state index in [-0.39, 0.29) is 5.82 Å². The topological polar surface area (TPSA) is 24.5 Å². The van der Waals surface area contributed by atoms with E-state index < -0.39 is 0 Å². The molecule has 1 N–H and O–H groups in total. The fourth-order valence-electron chi connectivity index (χ4n) is 2.08. The highest BCUT2D eigenvalue weighted by Gasteiger charge is 2.21. The summed E-state index contributed by atoms with van der Waals surface area (Å²) in [5.41, 5.74) is 2.10. The summed E-state index contributed by atoms with van der Waals surface area (Å²) in [6.45, 7) is 4.96. The van der Waals surface area contributed by atoms with Crippen LogP contribution in [0.1, 0.15) is 25.3 Å². The van der Waals surface area contributed by atoms with Crippen molar-refractivity contribution in [2.24, 2.45) is 0 Å². The molecule has 1 aliphatic rings. The Balaban J connectivity index is 1.99. The third kappa shape index (κ3) is 4.48. The summed E-state index contributed by atoms with van der Waals surface area (Å²) >= 11 is 0. The maximum atomic E-state index is 13.4. The molecule has 106 valence electrons. The van der Waals surface area contributed by atoms with Crippen LogP contribution < -0.4 is 10.2 Å². The van der Waals surface area contributed by atoms with E-state index in [1.165, 1.54) is 18.9 Å². The standard InChI is InChI=1S/C15H23FN2O/c1-3-19-9-8-18(2)15-7-4-13(16)10-12(15)11-17-14-5-6-14/h4,7,10,14,17H,3,5-6,8-9,11H2,1-2H3. The smallest absolute Gasteiger partial charge is 0.123 e. The van der Waals surface area contributed by atoms with E-state index in [2.05, 4.69) is 10.2 Å². The third-order valence-corrected chi connectivity index (χ3v) is 3.39. The second-order valence-electron chi connectivity index (χ2n) is 5.05. The number of halogens is 1. The van der Waals surface area contributed by atoms with Gasteiger partial charge < -0.3 is 15.0 Å². The second-order valence-corrected chi connectivity index (χ2v) is 5.05. The van der Waals surface area contributed by atoms with Crippen molar-refractivity contribution >= 4 is 5.69 Å². The predicted octanol–water partition coefficient (Wildman–Crippen LogP) is 2.55. The zero-order valence-electron chi connectivity index (χ0n) is 11.8. The Bertz CT molecular complexity index is 407. The Hall–Kier alpha value is -1.13. The first-order valence-corrected chi connectivity index (χ1v) is 7.01. The van der Waals surface area contributed by atoms with Crippen LogP contribution in [0, 0.1) is 5.82 Å². The first-order valence-electron chi connectivity index (χ1n) is 7.01. The zero-order valence-corrected chi connectivity index (χ0v) is 11.8. The van der Waals surface area contributed by atoms with Crippen LogP contribution in [-0.2, 0) is 11.3 Å². The highest BCUT2D eigenvalue weighted by Crippen LogP contribution is 2.23. The van der Waals surface area contributed by atoms with Crippen molar-refractivity contribution in [3.8, 4) is 0 Å². The lowest BCUT2D eigenvalue weighted by molar-refractivity contribution is 0.154. The summed E-state index contributed by atoms with van der Waals surface area (Å²) in [5.74, 6) is -0.172. The van der Waals surface area contributed by atoms with Crippen molar-refractivity contribution in [3.05, 3.63) is 29.6 Å². The molecule has 4 heteroatoms. The average Bonchev–Trinajstić information content (AvgIpc) is 3.20. The minimum Gasteiger partial charge on any atom is -0.380 e. The van der Waals surface area contributed by atoms with Crippen molar-refractivity contribution in [2.75, 3.05) is 31.7 Å². The molecule has 1 aromatic carbocycles. The molecule has 19 heavy (non-hydrogen) atoms. The minimum absolute atomic E-state index is 0.172. The van der Waals surface area contributed by atoms with Gasteiger partial charge in [0.15, 0.2) is 0 Å². The summed E-state index contributed by atoms with van der Waals surface area (Å²) in [5, 5.41) is 3.44. The van der Waals surface area contributed by atoms with Gasteiger partial charge in [0.2, 0.25) is 0 Å². The number of rotatable bonds is 8. The molecule has 1 saturated carbocycles. The molecule has 0 aromatic heterocycles.